The van der Waals surface area contributed by atoms with E-state index >= 15 is 0 Å². The molecule has 9 heteroatoms. The van der Waals surface area contributed by atoms with Crippen LogP contribution in [-0.4, -0.2) is 40.3 Å². The van der Waals surface area contributed by atoms with Gasteiger partial charge in [-0.1, -0.05) is 18.2 Å². The summed E-state index contributed by atoms with van der Waals surface area (Å²) in [5.41, 5.74) is 2.45. The molecule has 1 aromatic heterocycles. The van der Waals surface area contributed by atoms with Crippen LogP contribution in [0.25, 0.3) is 11.1 Å². The number of thiophene rings is 1. The van der Waals surface area contributed by atoms with E-state index in [1.54, 1.807) is 44.5 Å². The van der Waals surface area contributed by atoms with Gasteiger partial charge in [0.1, 0.15) is 16.3 Å². The number of hydrogen-bond donors (Lipinski definition) is 1. The lowest BCUT2D eigenvalue weighted by Crippen LogP contribution is -2.16. The zero-order valence-corrected chi connectivity index (χ0v) is 19.7. The predicted octanol–water partition coefficient (Wildman–Crippen LogP) is 4.56. The van der Waals surface area contributed by atoms with Gasteiger partial charge in [0.25, 0.3) is 5.91 Å². The molecule has 3 aromatic rings. The van der Waals surface area contributed by atoms with Gasteiger partial charge in [0.05, 0.1) is 18.6 Å². The van der Waals surface area contributed by atoms with Crippen molar-refractivity contribution in [2.45, 2.75) is 18.7 Å². The first kappa shape index (κ1) is 23.5. The summed E-state index contributed by atoms with van der Waals surface area (Å²) in [6, 6.07) is 11.6. The molecule has 7 nitrogen and oxygen atoms in total. The van der Waals surface area contributed by atoms with Crippen molar-refractivity contribution in [2.75, 3.05) is 25.3 Å². The minimum Gasteiger partial charge on any atom is -0.497 e. The highest BCUT2D eigenvalue weighted by atomic mass is 32.2. The molecule has 0 fully saturated rings. The minimum atomic E-state index is -3.48. The summed E-state index contributed by atoms with van der Waals surface area (Å²) in [6.07, 6.45) is 1.08. The Labute approximate surface area is 190 Å². The molecule has 1 amide bonds. The van der Waals surface area contributed by atoms with Crippen molar-refractivity contribution in [3.05, 3.63) is 64.5 Å². The molecule has 0 aliphatic heterocycles. The Hall–Kier alpha value is -3.17. The third-order valence-electron chi connectivity index (χ3n) is 4.78. The Kier molecular flexibility index (Phi) is 7.00. The van der Waals surface area contributed by atoms with Crippen LogP contribution in [0.4, 0.5) is 5.00 Å². The number of carbonyl (C=O) groups excluding carboxylic acids is 2. The molecule has 0 radical (unpaired) electrons. The third kappa shape index (κ3) is 5.00. The summed E-state index contributed by atoms with van der Waals surface area (Å²) < 4.78 is 34.2. The van der Waals surface area contributed by atoms with Crippen LogP contribution in [-0.2, 0) is 14.6 Å². The number of sulfone groups is 1. The highest BCUT2D eigenvalue weighted by Gasteiger charge is 2.24. The van der Waals surface area contributed by atoms with E-state index in [-0.39, 0.29) is 22.6 Å². The fourth-order valence-corrected chi connectivity index (χ4v) is 4.69. The fourth-order valence-electron chi connectivity index (χ4n) is 3.09. The summed E-state index contributed by atoms with van der Waals surface area (Å²) >= 11 is 1.19. The second-order valence-corrected chi connectivity index (χ2v) is 9.90. The standard InChI is InChI=1S/C23H23NO6S2/c1-5-30-23(26)20-19(15-7-9-16(29-3)10-8-15)13-31-22(20)24-21(25)18-12-17(32(4,27)28)11-6-14(18)2/h6-13H,5H2,1-4H3,(H,24,25). The lowest BCUT2D eigenvalue weighted by molar-refractivity contribution is 0.0529. The normalized spacial score (nSPS) is 11.1. The number of benzene rings is 2. The van der Waals surface area contributed by atoms with Crippen molar-refractivity contribution in [1.82, 2.24) is 0 Å². The van der Waals surface area contributed by atoms with E-state index in [2.05, 4.69) is 5.32 Å². The maximum Gasteiger partial charge on any atom is 0.341 e. The first-order chi connectivity index (χ1) is 15.2. The van der Waals surface area contributed by atoms with E-state index in [4.69, 9.17) is 9.47 Å². The number of hydrogen-bond acceptors (Lipinski definition) is 7. The van der Waals surface area contributed by atoms with E-state index in [0.717, 1.165) is 11.8 Å². The number of methoxy groups -OCH3 is 1. The first-order valence-corrected chi connectivity index (χ1v) is 12.5. The molecule has 1 heterocycles. The molecule has 0 saturated carbocycles. The number of amides is 1. The topological polar surface area (TPSA) is 98.8 Å². The molecule has 1 N–H and O–H groups in total. The molecule has 0 spiro atoms. The van der Waals surface area contributed by atoms with E-state index < -0.39 is 21.7 Å². The van der Waals surface area contributed by atoms with Crippen molar-refractivity contribution in [3.63, 3.8) is 0 Å². The highest BCUT2D eigenvalue weighted by Crippen LogP contribution is 2.37. The van der Waals surface area contributed by atoms with Crippen molar-refractivity contribution in [3.8, 4) is 16.9 Å². The van der Waals surface area contributed by atoms with Crippen LogP contribution in [0.1, 0.15) is 33.2 Å². The molecule has 0 saturated heterocycles. The summed E-state index contributed by atoms with van der Waals surface area (Å²) in [4.78, 5) is 25.8. The highest BCUT2D eigenvalue weighted by molar-refractivity contribution is 7.90. The SMILES string of the molecule is CCOC(=O)c1c(-c2ccc(OC)cc2)csc1NC(=O)c1cc(S(C)(=O)=O)ccc1C. The van der Waals surface area contributed by atoms with Crippen molar-refractivity contribution in [1.29, 1.82) is 0 Å². The Bertz CT molecular complexity index is 1260. The molecule has 3 rings (SSSR count). The fraction of sp³-hybridized carbons (Fsp3) is 0.217. The molecular weight excluding hydrogens is 450 g/mol. The second-order valence-electron chi connectivity index (χ2n) is 7.01. The molecule has 32 heavy (non-hydrogen) atoms. The molecule has 168 valence electrons. The van der Waals surface area contributed by atoms with Crippen LogP contribution in [0.15, 0.2) is 52.7 Å². The lowest BCUT2D eigenvalue weighted by atomic mass is 10.0. The number of esters is 1. The van der Waals surface area contributed by atoms with E-state index in [1.807, 2.05) is 12.1 Å². The maximum absolute atomic E-state index is 13.0. The number of rotatable bonds is 7. The number of aryl methyl sites for hydroxylation is 1. The molecule has 0 bridgehead atoms. The molecular formula is C23H23NO6S2. The second kappa shape index (κ2) is 9.54. The smallest absolute Gasteiger partial charge is 0.341 e. The van der Waals surface area contributed by atoms with Gasteiger partial charge in [-0.3, -0.25) is 4.79 Å². The Morgan fingerprint density at radius 3 is 2.38 bits per heavy atom. The largest absolute Gasteiger partial charge is 0.497 e. The van der Waals surface area contributed by atoms with Gasteiger partial charge in [0, 0.05) is 22.8 Å². The number of carbonyl (C=O) groups is 2. The molecule has 2 aromatic carbocycles. The Morgan fingerprint density at radius 2 is 1.78 bits per heavy atom. The van der Waals surface area contributed by atoms with Gasteiger partial charge >= 0.3 is 5.97 Å². The zero-order valence-electron chi connectivity index (χ0n) is 18.1. The molecule has 0 aliphatic rings. The Balaban J connectivity index is 2.02. The van der Waals surface area contributed by atoms with Crippen LogP contribution >= 0.6 is 11.3 Å². The quantitative estimate of drug-likeness (QED) is 0.505. The Morgan fingerprint density at radius 1 is 1.09 bits per heavy atom. The van der Waals surface area contributed by atoms with Gasteiger partial charge in [-0.15, -0.1) is 11.3 Å². The van der Waals surface area contributed by atoms with Gasteiger partial charge in [-0.05, 0) is 49.2 Å². The monoisotopic (exact) mass is 473 g/mol. The summed E-state index contributed by atoms with van der Waals surface area (Å²) in [7, 11) is -1.91. The van der Waals surface area contributed by atoms with Crippen molar-refractivity contribution >= 4 is 38.1 Å². The molecule has 0 aliphatic carbocycles. The van der Waals surface area contributed by atoms with Gasteiger partial charge in [-0.25, -0.2) is 13.2 Å². The van der Waals surface area contributed by atoms with Crippen LogP contribution in [0.2, 0.25) is 0 Å². The molecule has 0 unspecified atom stereocenters. The summed E-state index contributed by atoms with van der Waals surface area (Å²) in [5.74, 6) is -0.394. The molecule has 0 atom stereocenters. The van der Waals surface area contributed by atoms with E-state index in [9.17, 15) is 18.0 Å². The first-order valence-electron chi connectivity index (χ1n) is 9.70. The lowest BCUT2D eigenvalue weighted by Gasteiger charge is -2.11. The van der Waals surface area contributed by atoms with Gasteiger partial charge in [0.2, 0.25) is 0 Å². The van der Waals surface area contributed by atoms with E-state index in [1.165, 1.54) is 23.5 Å². The summed E-state index contributed by atoms with van der Waals surface area (Å²) in [5, 5.41) is 4.85. The zero-order chi connectivity index (χ0) is 23.5. The predicted molar refractivity (Wildman–Crippen MR) is 125 cm³/mol. The number of ether oxygens (including phenoxy) is 2. The van der Waals surface area contributed by atoms with Crippen LogP contribution < -0.4 is 10.1 Å². The summed E-state index contributed by atoms with van der Waals surface area (Å²) in [6.45, 7) is 3.60. The number of nitrogens with one attached hydrogen (secondary N) is 1. The van der Waals surface area contributed by atoms with Gasteiger partial charge in [0.15, 0.2) is 9.84 Å². The average Bonchev–Trinajstić information content (AvgIpc) is 3.17. The third-order valence-corrected chi connectivity index (χ3v) is 6.79. The van der Waals surface area contributed by atoms with Gasteiger partial charge < -0.3 is 14.8 Å². The van der Waals surface area contributed by atoms with Crippen LogP contribution in [0.3, 0.4) is 0 Å². The minimum absolute atomic E-state index is 0.0453. The average molecular weight is 474 g/mol. The van der Waals surface area contributed by atoms with Crippen LogP contribution in [0, 0.1) is 6.92 Å². The van der Waals surface area contributed by atoms with Crippen LogP contribution in [0.5, 0.6) is 5.75 Å². The van der Waals surface area contributed by atoms with Crippen molar-refractivity contribution in [2.24, 2.45) is 0 Å². The van der Waals surface area contributed by atoms with Crippen molar-refractivity contribution < 1.29 is 27.5 Å². The number of anilines is 1. The van der Waals surface area contributed by atoms with Gasteiger partial charge in [-0.2, -0.15) is 0 Å². The van der Waals surface area contributed by atoms with E-state index in [0.29, 0.717) is 21.9 Å². The maximum atomic E-state index is 13.0.